The minimum Gasteiger partial charge on any atom is -0.298 e. The largest absolute Gasteiger partial charge is 0.298 e. The monoisotopic (exact) mass is 307 g/mol. The summed E-state index contributed by atoms with van der Waals surface area (Å²) < 4.78 is 0.583. The molecule has 1 aliphatic heterocycles. The number of nitrogens with zero attached hydrogens (tertiary/aromatic N) is 1. The lowest BCUT2D eigenvalue weighted by Crippen LogP contribution is -2.54. The van der Waals surface area contributed by atoms with Gasteiger partial charge in [0.25, 0.3) is 0 Å². The van der Waals surface area contributed by atoms with Crippen molar-refractivity contribution in [2.75, 3.05) is 13.1 Å². The summed E-state index contributed by atoms with van der Waals surface area (Å²) in [7, 11) is 0. The minimum absolute atomic E-state index is 0.369. The topological polar surface area (TPSA) is 3.24 Å². The molecule has 2 unspecified atom stereocenters. The van der Waals surface area contributed by atoms with E-state index >= 15 is 0 Å². The molecule has 0 radical (unpaired) electrons. The van der Waals surface area contributed by atoms with Crippen molar-refractivity contribution in [3.8, 4) is 0 Å². The Kier molecular flexibility index (Phi) is 2.67. The summed E-state index contributed by atoms with van der Waals surface area (Å²) >= 11 is 2.72. The maximum Gasteiger partial charge on any atom is 0.0274 e. The van der Waals surface area contributed by atoms with Crippen molar-refractivity contribution < 1.29 is 0 Å². The Labute approximate surface area is 102 Å². The van der Waals surface area contributed by atoms with Gasteiger partial charge < -0.3 is 0 Å². The Morgan fingerprint density at radius 2 is 1.57 bits per heavy atom. The number of rotatable bonds is 0. The maximum atomic E-state index is 2.72. The van der Waals surface area contributed by atoms with E-state index in [9.17, 15) is 0 Å². The molecule has 2 atom stereocenters. The first-order chi connectivity index (χ1) is 6.32. The second kappa shape index (κ2) is 3.34. The lowest BCUT2D eigenvalue weighted by molar-refractivity contribution is 0.0606. The van der Waals surface area contributed by atoms with Crippen molar-refractivity contribution in [3.05, 3.63) is 0 Å². The number of alkyl halides is 1. The molecule has 0 aromatic heterocycles. The molecular formula is C12H22IN. The molecule has 2 fully saturated rings. The maximum absolute atomic E-state index is 2.72. The quantitative estimate of drug-likeness (QED) is 0.490. The highest BCUT2D eigenvalue weighted by Crippen LogP contribution is 2.51. The highest BCUT2D eigenvalue weighted by atomic mass is 127. The lowest BCUT2D eigenvalue weighted by atomic mass is 9.84. The van der Waals surface area contributed by atoms with Crippen molar-refractivity contribution >= 4 is 22.6 Å². The molecule has 2 rings (SSSR count). The van der Waals surface area contributed by atoms with Crippen LogP contribution in [0.15, 0.2) is 0 Å². The van der Waals surface area contributed by atoms with Gasteiger partial charge in [-0.05, 0) is 52.4 Å². The standard InChI is InChI=1S/C12H22IN/c1-11(2,3)14-7-9-5-6-10(8-14)12(9,4)13/h9-10H,5-8H2,1-4H3. The van der Waals surface area contributed by atoms with Crippen LogP contribution in [-0.2, 0) is 0 Å². The molecule has 0 aromatic rings. The molecule has 0 aromatic carbocycles. The molecule has 2 heteroatoms. The van der Waals surface area contributed by atoms with Crippen molar-refractivity contribution in [1.29, 1.82) is 0 Å². The molecule has 0 N–H and O–H groups in total. The van der Waals surface area contributed by atoms with Gasteiger partial charge in [0.1, 0.15) is 0 Å². The van der Waals surface area contributed by atoms with Crippen LogP contribution >= 0.6 is 22.6 Å². The first-order valence-electron chi connectivity index (χ1n) is 5.76. The van der Waals surface area contributed by atoms with Crippen LogP contribution < -0.4 is 0 Å². The average molecular weight is 307 g/mol. The van der Waals surface area contributed by atoms with Crippen LogP contribution in [0.2, 0.25) is 0 Å². The van der Waals surface area contributed by atoms with Crippen LogP contribution in [0.5, 0.6) is 0 Å². The fourth-order valence-electron chi connectivity index (χ4n) is 2.99. The molecule has 82 valence electrons. The van der Waals surface area contributed by atoms with E-state index in [2.05, 4.69) is 55.2 Å². The van der Waals surface area contributed by atoms with E-state index in [4.69, 9.17) is 0 Å². The predicted molar refractivity (Wildman–Crippen MR) is 70.0 cm³/mol. The van der Waals surface area contributed by atoms with E-state index in [0.29, 0.717) is 8.96 Å². The highest BCUT2D eigenvalue weighted by molar-refractivity contribution is 14.1. The zero-order valence-electron chi connectivity index (χ0n) is 9.81. The first kappa shape index (κ1) is 11.2. The Hall–Kier alpha value is 0.690. The molecule has 0 spiro atoms. The SMILES string of the molecule is CC1(I)C2CCC1CN(C(C)(C)C)C2. The summed E-state index contributed by atoms with van der Waals surface area (Å²) in [6.07, 6.45) is 2.91. The van der Waals surface area contributed by atoms with Gasteiger partial charge in [0.05, 0.1) is 0 Å². The molecule has 14 heavy (non-hydrogen) atoms. The van der Waals surface area contributed by atoms with Gasteiger partial charge in [-0.25, -0.2) is 0 Å². The van der Waals surface area contributed by atoms with Crippen molar-refractivity contribution in [2.24, 2.45) is 11.8 Å². The van der Waals surface area contributed by atoms with E-state index in [1.165, 1.54) is 25.9 Å². The Balaban J connectivity index is 2.14. The molecule has 2 aliphatic rings. The summed E-state index contributed by atoms with van der Waals surface area (Å²) in [4.78, 5) is 2.69. The lowest BCUT2D eigenvalue weighted by Gasteiger charge is -2.47. The average Bonchev–Trinajstić information content (AvgIpc) is 2.25. The molecule has 1 saturated heterocycles. The smallest absolute Gasteiger partial charge is 0.0274 e. The molecule has 1 aliphatic carbocycles. The fourth-order valence-corrected chi connectivity index (χ4v) is 4.01. The minimum atomic E-state index is 0.369. The Bertz CT molecular complexity index is 213. The highest BCUT2D eigenvalue weighted by Gasteiger charge is 2.50. The van der Waals surface area contributed by atoms with Gasteiger partial charge in [-0.1, -0.05) is 22.6 Å². The Morgan fingerprint density at radius 1 is 1.14 bits per heavy atom. The van der Waals surface area contributed by atoms with E-state index < -0.39 is 0 Å². The van der Waals surface area contributed by atoms with Gasteiger partial charge in [0.15, 0.2) is 0 Å². The number of piperidine rings is 1. The van der Waals surface area contributed by atoms with Crippen LogP contribution in [0.25, 0.3) is 0 Å². The van der Waals surface area contributed by atoms with Gasteiger partial charge in [-0.15, -0.1) is 0 Å². The third-order valence-electron chi connectivity index (χ3n) is 4.29. The molecule has 1 heterocycles. The van der Waals surface area contributed by atoms with E-state index in [-0.39, 0.29) is 0 Å². The number of hydrogen-bond acceptors (Lipinski definition) is 1. The van der Waals surface area contributed by atoms with Gasteiger partial charge >= 0.3 is 0 Å². The molecule has 1 nitrogen and oxygen atoms in total. The normalized spacial score (nSPS) is 44.4. The van der Waals surface area contributed by atoms with Crippen LogP contribution in [-0.4, -0.2) is 27.0 Å². The molecule has 2 bridgehead atoms. The third kappa shape index (κ3) is 1.73. The number of fused-ring (bicyclic) bond motifs is 2. The van der Waals surface area contributed by atoms with Gasteiger partial charge in [-0.3, -0.25) is 4.90 Å². The second-order valence-electron chi connectivity index (χ2n) is 6.20. The van der Waals surface area contributed by atoms with Crippen molar-refractivity contribution in [2.45, 2.75) is 49.5 Å². The number of hydrogen-bond donors (Lipinski definition) is 0. The summed E-state index contributed by atoms with van der Waals surface area (Å²) in [5.41, 5.74) is 0.369. The number of likely N-dealkylation sites (tertiary alicyclic amines) is 1. The van der Waals surface area contributed by atoms with E-state index in [1.54, 1.807) is 0 Å². The van der Waals surface area contributed by atoms with Gasteiger partial charge in [0, 0.05) is 22.1 Å². The summed E-state index contributed by atoms with van der Waals surface area (Å²) in [5, 5.41) is 0. The second-order valence-corrected chi connectivity index (χ2v) is 8.52. The first-order valence-corrected chi connectivity index (χ1v) is 6.83. The van der Waals surface area contributed by atoms with Gasteiger partial charge in [0.2, 0.25) is 0 Å². The summed E-state index contributed by atoms with van der Waals surface area (Å²) in [5.74, 6) is 1.86. The van der Waals surface area contributed by atoms with E-state index in [1.807, 2.05) is 0 Å². The van der Waals surface area contributed by atoms with Crippen LogP contribution in [0.1, 0.15) is 40.5 Å². The van der Waals surface area contributed by atoms with Crippen LogP contribution in [0, 0.1) is 11.8 Å². The predicted octanol–water partition coefficient (Wildman–Crippen LogP) is 3.32. The molecule has 0 amide bonds. The fraction of sp³-hybridized carbons (Fsp3) is 1.00. The van der Waals surface area contributed by atoms with Gasteiger partial charge in [-0.2, -0.15) is 0 Å². The van der Waals surface area contributed by atoms with Crippen molar-refractivity contribution in [3.63, 3.8) is 0 Å². The zero-order chi connectivity index (χ0) is 10.6. The summed E-state index contributed by atoms with van der Waals surface area (Å²) in [6.45, 7) is 12.2. The van der Waals surface area contributed by atoms with E-state index in [0.717, 1.165) is 11.8 Å². The Morgan fingerprint density at radius 3 is 1.93 bits per heavy atom. The summed E-state index contributed by atoms with van der Waals surface area (Å²) in [6, 6.07) is 0. The van der Waals surface area contributed by atoms with Crippen LogP contribution in [0.3, 0.4) is 0 Å². The number of halogens is 1. The van der Waals surface area contributed by atoms with Crippen molar-refractivity contribution in [1.82, 2.24) is 4.90 Å². The molecular weight excluding hydrogens is 285 g/mol. The molecule has 1 saturated carbocycles. The van der Waals surface area contributed by atoms with Crippen LogP contribution in [0.4, 0.5) is 0 Å². The third-order valence-corrected chi connectivity index (χ3v) is 6.05. The zero-order valence-corrected chi connectivity index (χ0v) is 12.0.